The molecule has 0 atom stereocenters. The Kier molecular flexibility index (Phi) is 4.84. The van der Waals surface area contributed by atoms with E-state index in [1.165, 1.54) is 70.0 Å². The summed E-state index contributed by atoms with van der Waals surface area (Å²) in [6.45, 7) is 2.89. The Bertz CT molecular complexity index is 508. The van der Waals surface area contributed by atoms with Crippen molar-refractivity contribution in [3.8, 4) is 11.5 Å². The number of benzene rings is 1. The molecule has 2 heterocycles. The predicted molar refractivity (Wildman–Crippen MR) is 90.0 cm³/mol. The molecule has 2 fully saturated rings. The summed E-state index contributed by atoms with van der Waals surface area (Å²) in [4.78, 5) is 2.77. The zero-order chi connectivity index (χ0) is 14.1. The van der Waals surface area contributed by atoms with Crippen molar-refractivity contribution in [1.29, 1.82) is 0 Å². The number of halogens is 1. The van der Waals surface area contributed by atoms with Crippen LogP contribution < -0.4 is 9.47 Å². The Labute approximate surface area is 139 Å². The molecule has 0 bridgehead atoms. The van der Waals surface area contributed by atoms with Gasteiger partial charge in [-0.05, 0) is 56.5 Å². The number of rotatable bonds is 2. The fraction of sp³-hybridized carbons (Fsp3) is 0.667. The second kappa shape index (κ2) is 6.67. The highest BCUT2D eigenvalue weighted by Crippen LogP contribution is 2.46. The number of fused-ring (bicyclic) bond motifs is 1. The van der Waals surface area contributed by atoms with Gasteiger partial charge in [-0.25, -0.2) is 0 Å². The molecule has 1 aromatic rings. The minimum Gasteiger partial charge on any atom is -0.454 e. The standard InChI is InChI=1S/C18H25NO2.ClH/c1-3-9-18(10-4-1,19-11-5-2-6-12-19)15-7-8-16-17(13-15)21-14-20-16;/h7-8,13H,1-6,9-12,14H2;1H. The molecule has 0 aromatic heterocycles. The van der Waals surface area contributed by atoms with E-state index >= 15 is 0 Å². The number of ether oxygens (including phenoxy) is 2. The number of piperidine rings is 1. The topological polar surface area (TPSA) is 21.7 Å². The molecule has 1 aromatic carbocycles. The lowest BCUT2D eigenvalue weighted by atomic mass is 9.74. The molecule has 1 aliphatic carbocycles. The molecule has 1 saturated heterocycles. The summed E-state index contributed by atoms with van der Waals surface area (Å²) >= 11 is 0. The van der Waals surface area contributed by atoms with E-state index < -0.39 is 0 Å². The maximum atomic E-state index is 5.62. The van der Waals surface area contributed by atoms with Gasteiger partial charge in [-0.2, -0.15) is 0 Å². The molecule has 4 heteroatoms. The Morgan fingerprint density at radius 3 is 2.27 bits per heavy atom. The van der Waals surface area contributed by atoms with Crippen LogP contribution in [0.3, 0.4) is 0 Å². The van der Waals surface area contributed by atoms with Crippen molar-refractivity contribution in [3.63, 3.8) is 0 Å². The molecule has 1 saturated carbocycles. The molecule has 22 heavy (non-hydrogen) atoms. The first-order valence-corrected chi connectivity index (χ1v) is 8.54. The summed E-state index contributed by atoms with van der Waals surface area (Å²) in [7, 11) is 0. The fourth-order valence-corrected chi connectivity index (χ4v) is 4.43. The van der Waals surface area contributed by atoms with Crippen molar-refractivity contribution in [2.24, 2.45) is 0 Å². The third kappa shape index (κ3) is 2.69. The second-order valence-corrected chi connectivity index (χ2v) is 6.71. The fourth-order valence-electron chi connectivity index (χ4n) is 4.43. The van der Waals surface area contributed by atoms with Gasteiger partial charge in [0.05, 0.1) is 0 Å². The van der Waals surface area contributed by atoms with Crippen LogP contribution in [0.5, 0.6) is 11.5 Å². The van der Waals surface area contributed by atoms with Gasteiger partial charge < -0.3 is 9.47 Å². The van der Waals surface area contributed by atoms with Crippen molar-refractivity contribution in [1.82, 2.24) is 4.90 Å². The molecule has 0 spiro atoms. The second-order valence-electron chi connectivity index (χ2n) is 6.71. The third-order valence-corrected chi connectivity index (χ3v) is 5.55. The lowest BCUT2D eigenvalue weighted by Gasteiger charge is -2.48. The molecule has 0 N–H and O–H groups in total. The maximum absolute atomic E-state index is 5.62. The molecular weight excluding hydrogens is 298 g/mol. The normalized spacial score (nSPS) is 23.8. The molecule has 0 radical (unpaired) electrons. The summed E-state index contributed by atoms with van der Waals surface area (Å²) in [6.07, 6.45) is 10.8. The van der Waals surface area contributed by atoms with E-state index in [1.807, 2.05) is 0 Å². The molecule has 3 nitrogen and oxygen atoms in total. The van der Waals surface area contributed by atoms with E-state index in [0.717, 1.165) is 11.5 Å². The average Bonchev–Trinajstić information content (AvgIpc) is 3.04. The van der Waals surface area contributed by atoms with Crippen molar-refractivity contribution in [2.45, 2.75) is 56.9 Å². The van der Waals surface area contributed by atoms with E-state index in [0.29, 0.717) is 6.79 Å². The molecule has 122 valence electrons. The molecule has 2 aliphatic heterocycles. The van der Waals surface area contributed by atoms with Crippen LogP contribution in [0, 0.1) is 0 Å². The van der Waals surface area contributed by atoms with Gasteiger partial charge in [-0.15, -0.1) is 12.4 Å². The van der Waals surface area contributed by atoms with E-state index in [4.69, 9.17) is 9.47 Å². The van der Waals surface area contributed by atoms with Crippen LogP contribution in [-0.2, 0) is 5.54 Å². The van der Waals surface area contributed by atoms with E-state index in [9.17, 15) is 0 Å². The van der Waals surface area contributed by atoms with Crippen LogP contribution in [-0.4, -0.2) is 24.8 Å². The van der Waals surface area contributed by atoms with Crippen LogP contribution >= 0.6 is 12.4 Å². The van der Waals surface area contributed by atoms with Gasteiger partial charge in [0.2, 0.25) is 6.79 Å². The van der Waals surface area contributed by atoms with Crippen molar-refractivity contribution in [3.05, 3.63) is 23.8 Å². The minimum absolute atomic E-state index is 0. The molecule has 3 aliphatic rings. The van der Waals surface area contributed by atoms with Gasteiger partial charge >= 0.3 is 0 Å². The zero-order valence-corrected chi connectivity index (χ0v) is 14.0. The zero-order valence-electron chi connectivity index (χ0n) is 13.2. The first kappa shape index (κ1) is 15.9. The third-order valence-electron chi connectivity index (χ3n) is 5.55. The minimum atomic E-state index is 0. The number of nitrogens with zero attached hydrogens (tertiary/aromatic N) is 1. The first-order chi connectivity index (χ1) is 10.4. The van der Waals surface area contributed by atoms with Crippen LogP contribution in [0.4, 0.5) is 0 Å². The summed E-state index contributed by atoms with van der Waals surface area (Å²) in [6, 6.07) is 6.65. The Morgan fingerprint density at radius 1 is 0.818 bits per heavy atom. The highest BCUT2D eigenvalue weighted by Gasteiger charge is 2.40. The molecular formula is C18H26ClNO2. The Hall–Kier alpha value is -0.930. The van der Waals surface area contributed by atoms with Crippen molar-refractivity contribution >= 4 is 12.4 Å². The van der Waals surface area contributed by atoms with Gasteiger partial charge in [-0.1, -0.05) is 31.7 Å². The summed E-state index contributed by atoms with van der Waals surface area (Å²) in [5, 5.41) is 0. The summed E-state index contributed by atoms with van der Waals surface area (Å²) in [5.41, 5.74) is 1.70. The lowest BCUT2D eigenvalue weighted by Crippen LogP contribution is -2.49. The van der Waals surface area contributed by atoms with Crippen molar-refractivity contribution in [2.75, 3.05) is 19.9 Å². The summed E-state index contributed by atoms with van der Waals surface area (Å²) < 4.78 is 11.1. The van der Waals surface area contributed by atoms with Gasteiger partial charge in [-0.3, -0.25) is 4.90 Å². The molecule has 0 unspecified atom stereocenters. The van der Waals surface area contributed by atoms with Gasteiger partial charge in [0.15, 0.2) is 11.5 Å². The lowest BCUT2D eigenvalue weighted by molar-refractivity contribution is 0.0302. The Morgan fingerprint density at radius 2 is 1.50 bits per heavy atom. The number of hydrogen-bond donors (Lipinski definition) is 0. The van der Waals surface area contributed by atoms with Crippen molar-refractivity contribution < 1.29 is 9.47 Å². The van der Waals surface area contributed by atoms with Crippen LogP contribution in [0.2, 0.25) is 0 Å². The highest BCUT2D eigenvalue weighted by atomic mass is 35.5. The van der Waals surface area contributed by atoms with E-state index in [1.54, 1.807) is 0 Å². The molecule has 4 rings (SSSR count). The first-order valence-electron chi connectivity index (χ1n) is 8.54. The number of likely N-dealkylation sites (tertiary alicyclic amines) is 1. The SMILES string of the molecule is Cl.c1cc2c(cc1C1(N3CCCCC3)CCCCC1)OCO2. The van der Waals surface area contributed by atoms with E-state index in [-0.39, 0.29) is 17.9 Å². The van der Waals surface area contributed by atoms with Crippen LogP contribution in [0.15, 0.2) is 18.2 Å². The molecule has 0 amide bonds. The Balaban J connectivity index is 0.00000144. The monoisotopic (exact) mass is 323 g/mol. The predicted octanol–water partition coefficient (Wildman–Crippen LogP) is 4.48. The number of hydrogen-bond acceptors (Lipinski definition) is 3. The average molecular weight is 324 g/mol. The van der Waals surface area contributed by atoms with Gasteiger partial charge in [0.1, 0.15) is 0 Å². The van der Waals surface area contributed by atoms with Crippen LogP contribution in [0.25, 0.3) is 0 Å². The van der Waals surface area contributed by atoms with E-state index in [2.05, 4.69) is 23.1 Å². The summed E-state index contributed by atoms with van der Waals surface area (Å²) in [5.74, 6) is 1.85. The quantitative estimate of drug-likeness (QED) is 0.800. The highest BCUT2D eigenvalue weighted by molar-refractivity contribution is 5.85. The van der Waals surface area contributed by atoms with Crippen LogP contribution in [0.1, 0.15) is 56.9 Å². The van der Waals surface area contributed by atoms with Gasteiger partial charge in [0, 0.05) is 5.54 Å². The smallest absolute Gasteiger partial charge is 0.231 e. The largest absolute Gasteiger partial charge is 0.454 e. The maximum Gasteiger partial charge on any atom is 0.231 e. The van der Waals surface area contributed by atoms with Gasteiger partial charge in [0.25, 0.3) is 0 Å².